The Balaban J connectivity index is 1.88. The van der Waals surface area contributed by atoms with Crippen LogP contribution in [0.5, 0.6) is 0 Å². The van der Waals surface area contributed by atoms with E-state index in [0.717, 1.165) is 26.1 Å². The van der Waals surface area contributed by atoms with E-state index in [1.54, 1.807) is 0 Å². The van der Waals surface area contributed by atoms with Gasteiger partial charge in [-0.2, -0.15) is 0 Å². The maximum atomic E-state index is 11.6. The molecule has 2 fully saturated rings. The molecule has 2 rings (SSSR count). The van der Waals surface area contributed by atoms with Crippen molar-refractivity contribution >= 4 is 9.84 Å². The Morgan fingerprint density at radius 1 is 1.17 bits per heavy atom. The number of nitrogens with two attached hydrogens (primary N) is 1. The van der Waals surface area contributed by atoms with Crippen LogP contribution in [0.4, 0.5) is 0 Å². The molecule has 2 N–H and O–H groups in total. The molecule has 4 nitrogen and oxygen atoms in total. The zero-order valence-corrected chi connectivity index (χ0v) is 12.0. The lowest BCUT2D eigenvalue weighted by Crippen LogP contribution is -2.37. The van der Waals surface area contributed by atoms with Gasteiger partial charge in [-0.3, -0.25) is 0 Å². The Bertz CT molecular complexity index is 348. The van der Waals surface area contributed by atoms with Crippen LogP contribution in [0.1, 0.15) is 32.1 Å². The maximum absolute atomic E-state index is 11.6. The number of rotatable bonds is 4. The van der Waals surface area contributed by atoms with E-state index in [1.165, 1.54) is 25.7 Å². The average Bonchev–Trinajstić information content (AvgIpc) is 2.55. The topological polar surface area (TPSA) is 63.4 Å². The average molecular weight is 274 g/mol. The minimum Gasteiger partial charge on any atom is -0.330 e. The number of nitrogens with zero attached hydrogens (tertiary/aromatic N) is 1. The van der Waals surface area contributed by atoms with E-state index >= 15 is 0 Å². The predicted molar refractivity (Wildman–Crippen MR) is 74.2 cm³/mol. The van der Waals surface area contributed by atoms with Gasteiger partial charge in [0, 0.05) is 6.54 Å². The molecule has 0 amide bonds. The van der Waals surface area contributed by atoms with Crippen molar-refractivity contribution in [2.45, 2.75) is 32.1 Å². The van der Waals surface area contributed by atoms with E-state index in [2.05, 4.69) is 4.90 Å². The highest BCUT2D eigenvalue weighted by molar-refractivity contribution is 7.91. The first kappa shape index (κ1) is 14.3. The molecule has 2 atom stereocenters. The lowest BCUT2D eigenvalue weighted by Gasteiger charge is -2.28. The SMILES string of the molecule is NCC(CN1CCCCCC1)C1CCS(=O)(=O)C1. The zero-order chi connectivity index (χ0) is 13.0. The van der Waals surface area contributed by atoms with Gasteiger partial charge in [-0.05, 0) is 50.7 Å². The molecule has 2 heterocycles. The molecule has 0 aliphatic carbocycles. The van der Waals surface area contributed by atoms with Crippen molar-refractivity contribution in [2.24, 2.45) is 17.6 Å². The van der Waals surface area contributed by atoms with Gasteiger partial charge in [0.2, 0.25) is 0 Å². The minimum atomic E-state index is -2.77. The quantitative estimate of drug-likeness (QED) is 0.826. The van der Waals surface area contributed by atoms with E-state index in [-0.39, 0.29) is 0 Å². The molecule has 0 aromatic heterocycles. The second-order valence-electron chi connectivity index (χ2n) is 5.87. The third-order valence-corrected chi connectivity index (χ3v) is 6.22. The van der Waals surface area contributed by atoms with Crippen LogP contribution in [0, 0.1) is 11.8 Å². The first-order chi connectivity index (χ1) is 8.61. The summed E-state index contributed by atoms with van der Waals surface area (Å²) in [7, 11) is -2.77. The Morgan fingerprint density at radius 3 is 2.33 bits per heavy atom. The molecule has 18 heavy (non-hydrogen) atoms. The van der Waals surface area contributed by atoms with Crippen molar-refractivity contribution in [1.82, 2.24) is 4.90 Å². The van der Waals surface area contributed by atoms with Gasteiger partial charge in [-0.1, -0.05) is 12.8 Å². The molecule has 2 aliphatic rings. The van der Waals surface area contributed by atoms with Crippen molar-refractivity contribution in [2.75, 3.05) is 37.7 Å². The lowest BCUT2D eigenvalue weighted by molar-refractivity contribution is 0.206. The molecular formula is C13H26N2O2S. The van der Waals surface area contributed by atoms with Crippen LogP contribution >= 0.6 is 0 Å². The van der Waals surface area contributed by atoms with Gasteiger partial charge in [0.15, 0.2) is 9.84 Å². The van der Waals surface area contributed by atoms with E-state index in [1.807, 2.05) is 0 Å². The Hall–Kier alpha value is -0.130. The van der Waals surface area contributed by atoms with E-state index in [9.17, 15) is 8.42 Å². The van der Waals surface area contributed by atoms with E-state index < -0.39 is 9.84 Å². The fourth-order valence-corrected chi connectivity index (χ4v) is 5.18. The van der Waals surface area contributed by atoms with Crippen LogP contribution in [0.15, 0.2) is 0 Å². The van der Waals surface area contributed by atoms with Gasteiger partial charge in [-0.25, -0.2) is 8.42 Å². The van der Waals surface area contributed by atoms with Gasteiger partial charge < -0.3 is 10.6 Å². The van der Waals surface area contributed by atoms with Crippen LogP contribution in [-0.2, 0) is 9.84 Å². The van der Waals surface area contributed by atoms with Crippen molar-refractivity contribution < 1.29 is 8.42 Å². The Labute approximate surface area is 111 Å². The Kier molecular flexibility index (Phi) is 5.04. The van der Waals surface area contributed by atoms with Gasteiger partial charge in [0.25, 0.3) is 0 Å². The largest absolute Gasteiger partial charge is 0.330 e. The summed E-state index contributed by atoms with van der Waals surface area (Å²) in [5, 5.41) is 0. The number of hydrogen-bond acceptors (Lipinski definition) is 4. The molecule has 0 aromatic rings. The molecule has 2 aliphatic heterocycles. The molecule has 0 spiro atoms. The van der Waals surface area contributed by atoms with Crippen LogP contribution in [-0.4, -0.2) is 51.0 Å². The summed E-state index contributed by atoms with van der Waals surface area (Å²) in [6.45, 7) is 3.94. The highest BCUT2D eigenvalue weighted by Crippen LogP contribution is 2.26. The fourth-order valence-electron chi connectivity index (χ4n) is 3.26. The predicted octanol–water partition coefficient (Wildman–Crippen LogP) is 0.872. The second kappa shape index (κ2) is 6.35. The zero-order valence-electron chi connectivity index (χ0n) is 11.2. The van der Waals surface area contributed by atoms with Gasteiger partial charge in [0.05, 0.1) is 11.5 Å². The molecule has 5 heteroatoms. The second-order valence-corrected chi connectivity index (χ2v) is 8.10. The highest BCUT2D eigenvalue weighted by Gasteiger charge is 2.33. The summed E-state index contributed by atoms with van der Waals surface area (Å²) >= 11 is 0. The number of sulfone groups is 1. The van der Waals surface area contributed by atoms with Crippen LogP contribution < -0.4 is 5.73 Å². The maximum Gasteiger partial charge on any atom is 0.150 e. The van der Waals surface area contributed by atoms with E-state index in [0.29, 0.717) is 29.9 Å². The number of hydrogen-bond donors (Lipinski definition) is 1. The third kappa shape index (κ3) is 3.93. The van der Waals surface area contributed by atoms with Crippen molar-refractivity contribution in [3.05, 3.63) is 0 Å². The molecule has 0 radical (unpaired) electrons. The monoisotopic (exact) mass is 274 g/mol. The first-order valence-electron chi connectivity index (χ1n) is 7.23. The molecule has 106 valence electrons. The summed E-state index contributed by atoms with van der Waals surface area (Å²) in [5.41, 5.74) is 5.88. The van der Waals surface area contributed by atoms with Crippen LogP contribution in [0.25, 0.3) is 0 Å². The highest BCUT2D eigenvalue weighted by atomic mass is 32.2. The van der Waals surface area contributed by atoms with Crippen molar-refractivity contribution in [3.63, 3.8) is 0 Å². The van der Waals surface area contributed by atoms with Crippen molar-refractivity contribution in [1.29, 1.82) is 0 Å². The van der Waals surface area contributed by atoms with E-state index in [4.69, 9.17) is 5.73 Å². The van der Waals surface area contributed by atoms with Gasteiger partial charge in [-0.15, -0.1) is 0 Å². The molecule has 0 bridgehead atoms. The van der Waals surface area contributed by atoms with Crippen LogP contribution in [0.3, 0.4) is 0 Å². The molecule has 2 unspecified atom stereocenters. The summed E-state index contributed by atoms with van der Waals surface area (Å²) in [5.74, 6) is 1.39. The lowest BCUT2D eigenvalue weighted by atomic mass is 9.91. The summed E-state index contributed by atoms with van der Waals surface area (Å²) in [4.78, 5) is 2.50. The number of likely N-dealkylation sites (tertiary alicyclic amines) is 1. The van der Waals surface area contributed by atoms with Gasteiger partial charge in [0.1, 0.15) is 0 Å². The standard InChI is InChI=1S/C13H26N2O2S/c14-9-13(12-5-8-18(16,17)11-12)10-15-6-3-1-2-4-7-15/h12-13H,1-11,14H2. The molecule has 2 saturated heterocycles. The summed E-state index contributed by atoms with van der Waals surface area (Å²) in [6, 6.07) is 0. The minimum absolute atomic E-state index is 0.295. The van der Waals surface area contributed by atoms with Crippen LogP contribution in [0.2, 0.25) is 0 Å². The normalized spacial score (nSPS) is 31.1. The Morgan fingerprint density at radius 2 is 1.83 bits per heavy atom. The molecule has 0 aromatic carbocycles. The first-order valence-corrected chi connectivity index (χ1v) is 9.06. The summed E-state index contributed by atoms with van der Waals surface area (Å²) < 4.78 is 23.1. The van der Waals surface area contributed by atoms with Gasteiger partial charge >= 0.3 is 0 Å². The van der Waals surface area contributed by atoms with Crippen molar-refractivity contribution in [3.8, 4) is 0 Å². The fraction of sp³-hybridized carbons (Fsp3) is 1.00. The third-order valence-electron chi connectivity index (χ3n) is 4.43. The summed E-state index contributed by atoms with van der Waals surface area (Å²) in [6.07, 6.45) is 6.04. The molecule has 0 saturated carbocycles. The smallest absolute Gasteiger partial charge is 0.150 e. The molecular weight excluding hydrogens is 248 g/mol.